The summed E-state index contributed by atoms with van der Waals surface area (Å²) >= 11 is 6.10. The Kier molecular flexibility index (Phi) is 4.37. The van der Waals surface area contributed by atoms with Crippen molar-refractivity contribution >= 4 is 28.5 Å². The van der Waals surface area contributed by atoms with Gasteiger partial charge >= 0.3 is 0 Å². The van der Waals surface area contributed by atoms with Crippen molar-refractivity contribution in [3.8, 4) is 11.3 Å². The Morgan fingerprint density at radius 1 is 1.26 bits per heavy atom. The third-order valence-corrected chi connectivity index (χ3v) is 4.46. The number of imidazole rings is 1. The fraction of sp³-hybridized carbons (Fsp3) is 0.105. The minimum absolute atomic E-state index is 0.0323. The van der Waals surface area contributed by atoms with Crippen LogP contribution in [0.5, 0.6) is 0 Å². The number of benzene rings is 2. The van der Waals surface area contributed by atoms with Crippen molar-refractivity contribution in [2.45, 2.75) is 13.5 Å². The third kappa shape index (κ3) is 3.17. The number of carbonyl (C=O) groups is 1. The molecular weight excluding hydrogens is 371 g/mol. The number of rotatable bonds is 4. The van der Waals surface area contributed by atoms with Crippen molar-refractivity contribution in [2.75, 3.05) is 0 Å². The van der Waals surface area contributed by atoms with Gasteiger partial charge in [-0.25, -0.2) is 9.37 Å². The summed E-state index contributed by atoms with van der Waals surface area (Å²) in [4.78, 5) is 20.2. The molecule has 0 aliphatic carbocycles. The minimum atomic E-state index is -0.581. The molecule has 2 N–H and O–H groups in total. The fourth-order valence-electron chi connectivity index (χ4n) is 2.88. The lowest BCUT2D eigenvalue weighted by Crippen LogP contribution is -2.24. The second kappa shape index (κ2) is 6.85. The number of aromatic nitrogens is 3. The van der Waals surface area contributed by atoms with Crippen molar-refractivity contribution in [2.24, 2.45) is 0 Å². The summed E-state index contributed by atoms with van der Waals surface area (Å²) in [6, 6.07) is 11.8. The molecule has 1 amide bonds. The van der Waals surface area contributed by atoms with Crippen LogP contribution in [0.2, 0.25) is 5.02 Å². The number of nitrogens with zero attached hydrogens (tertiary/aromatic N) is 2. The normalized spacial score (nSPS) is 11.1. The molecule has 0 aliphatic rings. The van der Waals surface area contributed by atoms with E-state index in [2.05, 4.69) is 20.4 Å². The van der Waals surface area contributed by atoms with Gasteiger partial charge in [0, 0.05) is 0 Å². The topological polar surface area (TPSA) is 83.8 Å². The van der Waals surface area contributed by atoms with E-state index in [0.717, 1.165) is 11.0 Å². The van der Waals surface area contributed by atoms with Gasteiger partial charge in [0.25, 0.3) is 5.91 Å². The molecule has 0 saturated carbocycles. The molecule has 136 valence electrons. The van der Waals surface area contributed by atoms with E-state index in [-0.39, 0.29) is 34.1 Å². The number of hydrogen-bond donors (Lipinski definition) is 2. The summed E-state index contributed by atoms with van der Waals surface area (Å²) in [6.07, 6.45) is 0. The van der Waals surface area contributed by atoms with Crippen molar-refractivity contribution in [3.63, 3.8) is 0 Å². The van der Waals surface area contributed by atoms with Crippen LogP contribution < -0.4 is 5.32 Å². The van der Waals surface area contributed by atoms with Gasteiger partial charge in [-0.05, 0) is 31.2 Å². The molecule has 4 rings (SSSR count). The summed E-state index contributed by atoms with van der Waals surface area (Å²) in [5, 5.41) is 6.74. The van der Waals surface area contributed by atoms with Gasteiger partial charge in [0.15, 0.2) is 0 Å². The third-order valence-electron chi connectivity index (χ3n) is 4.14. The molecule has 6 nitrogen and oxygen atoms in total. The van der Waals surface area contributed by atoms with Crippen molar-refractivity contribution in [1.29, 1.82) is 0 Å². The molecule has 2 aromatic carbocycles. The zero-order valence-corrected chi connectivity index (χ0v) is 15.0. The largest absolute Gasteiger partial charge is 0.360 e. The molecule has 0 fully saturated rings. The SMILES string of the molecule is Cc1onc(-c2c(F)cccc2Cl)c1C(=O)NCc1nc2ccccc2[nH]1. The maximum Gasteiger partial charge on any atom is 0.257 e. The monoisotopic (exact) mass is 384 g/mol. The van der Waals surface area contributed by atoms with E-state index >= 15 is 0 Å². The maximum absolute atomic E-state index is 14.2. The Morgan fingerprint density at radius 2 is 2.07 bits per heavy atom. The number of aromatic amines is 1. The predicted octanol–water partition coefficient (Wildman–Crippen LogP) is 4.25. The molecule has 0 aliphatic heterocycles. The van der Waals surface area contributed by atoms with Crippen LogP contribution in [0.3, 0.4) is 0 Å². The van der Waals surface area contributed by atoms with Crippen LogP contribution in [0.15, 0.2) is 47.0 Å². The van der Waals surface area contributed by atoms with E-state index in [9.17, 15) is 9.18 Å². The molecule has 2 heterocycles. The first-order chi connectivity index (χ1) is 13.0. The van der Waals surface area contributed by atoms with E-state index in [1.54, 1.807) is 6.92 Å². The van der Waals surface area contributed by atoms with Crippen molar-refractivity contribution in [3.05, 3.63) is 70.5 Å². The predicted molar refractivity (Wildman–Crippen MR) is 98.9 cm³/mol. The Morgan fingerprint density at radius 3 is 2.85 bits per heavy atom. The summed E-state index contributed by atoms with van der Waals surface area (Å²) in [7, 11) is 0. The summed E-state index contributed by atoms with van der Waals surface area (Å²) in [6.45, 7) is 1.75. The number of amides is 1. The van der Waals surface area contributed by atoms with Crippen LogP contribution >= 0.6 is 11.6 Å². The first-order valence-electron chi connectivity index (χ1n) is 8.17. The molecule has 4 aromatic rings. The number of carbonyl (C=O) groups excluding carboxylic acids is 1. The Hall–Kier alpha value is -3.19. The Bertz CT molecular complexity index is 1100. The van der Waals surface area contributed by atoms with E-state index in [0.29, 0.717) is 5.82 Å². The van der Waals surface area contributed by atoms with Gasteiger partial charge in [-0.15, -0.1) is 0 Å². The first-order valence-corrected chi connectivity index (χ1v) is 8.55. The van der Waals surface area contributed by atoms with Gasteiger partial charge in [0.1, 0.15) is 28.7 Å². The summed E-state index contributed by atoms with van der Waals surface area (Å²) in [5.74, 6) is -0.166. The highest BCUT2D eigenvalue weighted by molar-refractivity contribution is 6.33. The number of H-pyrrole nitrogens is 1. The van der Waals surface area contributed by atoms with Crippen molar-refractivity contribution < 1.29 is 13.7 Å². The second-order valence-corrected chi connectivity index (χ2v) is 6.35. The standard InChI is InChI=1S/C19H14ClFN4O2/c1-10-16(18(25-27-10)17-11(20)5-4-6-12(17)21)19(26)22-9-15-23-13-7-2-3-8-14(13)24-15/h2-8H,9H2,1H3,(H,22,26)(H,23,24). The van der Waals surface area contributed by atoms with Crippen LogP contribution in [0.1, 0.15) is 21.9 Å². The average molecular weight is 385 g/mol. The van der Waals surface area contributed by atoms with E-state index < -0.39 is 11.7 Å². The lowest BCUT2D eigenvalue weighted by molar-refractivity contribution is 0.0949. The van der Waals surface area contributed by atoms with E-state index in [1.807, 2.05) is 24.3 Å². The highest BCUT2D eigenvalue weighted by Gasteiger charge is 2.25. The van der Waals surface area contributed by atoms with Gasteiger partial charge in [-0.3, -0.25) is 4.79 Å². The molecule has 0 radical (unpaired) electrons. The van der Waals surface area contributed by atoms with E-state index in [1.165, 1.54) is 18.2 Å². The van der Waals surface area contributed by atoms with Gasteiger partial charge in [0.05, 0.1) is 28.2 Å². The smallest absolute Gasteiger partial charge is 0.257 e. The van der Waals surface area contributed by atoms with Crippen LogP contribution in [-0.4, -0.2) is 21.0 Å². The average Bonchev–Trinajstić information content (AvgIpc) is 3.23. The van der Waals surface area contributed by atoms with Crippen LogP contribution in [0, 0.1) is 12.7 Å². The first kappa shape index (κ1) is 17.2. The van der Waals surface area contributed by atoms with Gasteiger partial charge in [-0.2, -0.15) is 0 Å². The van der Waals surface area contributed by atoms with Crippen LogP contribution in [0.4, 0.5) is 4.39 Å². The maximum atomic E-state index is 14.2. The minimum Gasteiger partial charge on any atom is -0.360 e. The number of halogens is 2. The van der Waals surface area contributed by atoms with Crippen molar-refractivity contribution in [1.82, 2.24) is 20.4 Å². The Labute approximate surface area is 158 Å². The summed E-state index contributed by atoms with van der Waals surface area (Å²) < 4.78 is 19.4. The molecule has 8 heteroatoms. The lowest BCUT2D eigenvalue weighted by atomic mass is 10.0. The number of fused-ring (bicyclic) bond motifs is 1. The van der Waals surface area contributed by atoms with Crippen LogP contribution in [-0.2, 0) is 6.54 Å². The molecule has 0 saturated heterocycles. The van der Waals surface area contributed by atoms with Gasteiger partial charge in [-0.1, -0.05) is 35.0 Å². The second-order valence-electron chi connectivity index (χ2n) is 5.94. The van der Waals surface area contributed by atoms with Crippen LogP contribution in [0.25, 0.3) is 22.3 Å². The Balaban J connectivity index is 1.62. The molecular formula is C19H14ClFN4O2. The van der Waals surface area contributed by atoms with E-state index in [4.69, 9.17) is 16.1 Å². The zero-order chi connectivity index (χ0) is 19.0. The summed E-state index contributed by atoms with van der Waals surface area (Å²) in [5.41, 5.74) is 1.92. The molecule has 2 aromatic heterocycles. The highest BCUT2D eigenvalue weighted by atomic mass is 35.5. The number of nitrogens with one attached hydrogen (secondary N) is 2. The molecule has 0 unspecified atom stereocenters. The number of hydrogen-bond acceptors (Lipinski definition) is 4. The lowest BCUT2D eigenvalue weighted by Gasteiger charge is -2.06. The number of aryl methyl sites for hydroxylation is 1. The number of para-hydroxylation sites is 2. The highest BCUT2D eigenvalue weighted by Crippen LogP contribution is 2.33. The quantitative estimate of drug-likeness (QED) is 0.551. The molecule has 0 spiro atoms. The fourth-order valence-corrected chi connectivity index (χ4v) is 3.13. The molecule has 27 heavy (non-hydrogen) atoms. The van der Waals surface area contributed by atoms with Gasteiger partial charge < -0.3 is 14.8 Å². The van der Waals surface area contributed by atoms with Gasteiger partial charge in [0.2, 0.25) is 0 Å². The molecule has 0 atom stereocenters. The molecule has 0 bridgehead atoms. The zero-order valence-electron chi connectivity index (χ0n) is 14.2.